The van der Waals surface area contributed by atoms with Crippen LogP contribution in [-0.2, 0) is 4.74 Å². The standard InChI is InChI=1S/C13H21N3O2/c1-3-17-13-11(14)6-7-12(15-13)16(2)9-10-5-4-8-18-10/h6-7,10H,3-5,8-9,14H2,1-2H3. The monoisotopic (exact) mass is 251 g/mol. The van der Waals surface area contributed by atoms with Crippen LogP contribution in [0.15, 0.2) is 12.1 Å². The van der Waals surface area contributed by atoms with Crippen molar-refractivity contribution in [2.24, 2.45) is 0 Å². The Morgan fingerprint density at radius 3 is 3.06 bits per heavy atom. The zero-order chi connectivity index (χ0) is 13.0. The third kappa shape index (κ3) is 3.04. The molecule has 1 fully saturated rings. The van der Waals surface area contributed by atoms with Crippen LogP contribution in [0.5, 0.6) is 5.88 Å². The van der Waals surface area contributed by atoms with Gasteiger partial charge in [0.05, 0.1) is 18.4 Å². The molecular weight excluding hydrogens is 230 g/mol. The van der Waals surface area contributed by atoms with Gasteiger partial charge < -0.3 is 20.1 Å². The van der Waals surface area contributed by atoms with E-state index in [2.05, 4.69) is 9.88 Å². The summed E-state index contributed by atoms with van der Waals surface area (Å²) in [4.78, 5) is 6.51. The van der Waals surface area contributed by atoms with Gasteiger partial charge in [-0.15, -0.1) is 0 Å². The Morgan fingerprint density at radius 2 is 2.39 bits per heavy atom. The van der Waals surface area contributed by atoms with E-state index in [1.165, 1.54) is 0 Å². The Hall–Kier alpha value is -1.49. The molecule has 1 aliphatic rings. The van der Waals surface area contributed by atoms with Crippen LogP contribution in [0.2, 0.25) is 0 Å². The normalized spacial score (nSPS) is 18.9. The van der Waals surface area contributed by atoms with E-state index >= 15 is 0 Å². The number of anilines is 2. The number of aromatic nitrogens is 1. The highest BCUT2D eigenvalue weighted by molar-refractivity contribution is 5.54. The van der Waals surface area contributed by atoms with Crippen LogP contribution in [0, 0.1) is 0 Å². The van der Waals surface area contributed by atoms with Crippen molar-refractivity contribution in [2.45, 2.75) is 25.9 Å². The van der Waals surface area contributed by atoms with Crippen LogP contribution in [-0.4, -0.2) is 37.9 Å². The first-order valence-corrected chi connectivity index (χ1v) is 6.42. The molecule has 5 heteroatoms. The number of hydrogen-bond donors (Lipinski definition) is 1. The van der Waals surface area contributed by atoms with E-state index in [1.54, 1.807) is 0 Å². The number of nitrogens with zero attached hydrogens (tertiary/aromatic N) is 2. The number of hydrogen-bond acceptors (Lipinski definition) is 5. The van der Waals surface area contributed by atoms with Gasteiger partial charge in [-0.2, -0.15) is 4.98 Å². The Balaban J connectivity index is 2.04. The molecule has 1 atom stereocenters. The van der Waals surface area contributed by atoms with Gasteiger partial charge in [0.1, 0.15) is 5.82 Å². The zero-order valence-corrected chi connectivity index (χ0v) is 11.1. The molecule has 1 saturated heterocycles. The predicted molar refractivity (Wildman–Crippen MR) is 72.1 cm³/mol. The van der Waals surface area contributed by atoms with Crippen LogP contribution < -0.4 is 15.4 Å². The SMILES string of the molecule is CCOc1nc(N(C)CC2CCCO2)ccc1N. The highest BCUT2D eigenvalue weighted by Crippen LogP contribution is 2.23. The predicted octanol–water partition coefficient (Wildman–Crippen LogP) is 1.68. The van der Waals surface area contributed by atoms with Crippen LogP contribution in [0.4, 0.5) is 11.5 Å². The summed E-state index contributed by atoms with van der Waals surface area (Å²) >= 11 is 0. The minimum atomic E-state index is 0.310. The maximum atomic E-state index is 5.81. The van der Waals surface area contributed by atoms with Gasteiger partial charge >= 0.3 is 0 Å². The lowest BCUT2D eigenvalue weighted by Gasteiger charge is -2.22. The van der Waals surface area contributed by atoms with Crippen LogP contribution in [0.1, 0.15) is 19.8 Å². The summed E-state index contributed by atoms with van der Waals surface area (Å²) in [5, 5.41) is 0. The Morgan fingerprint density at radius 1 is 1.56 bits per heavy atom. The van der Waals surface area contributed by atoms with Gasteiger partial charge in [0.15, 0.2) is 0 Å². The first kappa shape index (κ1) is 13.0. The molecule has 1 aliphatic heterocycles. The lowest BCUT2D eigenvalue weighted by atomic mass is 10.2. The van der Waals surface area contributed by atoms with E-state index < -0.39 is 0 Å². The van der Waals surface area contributed by atoms with Crippen molar-refractivity contribution in [1.29, 1.82) is 0 Å². The molecule has 1 unspecified atom stereocenters. The quantitative estimate of drug-likeness (QED) is 0.862. The second-order valence-electron chi connectivity index (χ2n) is 4.51. The Kier molecular flexibility index (Phi) is 4.25. The number of nitrogens with two attached hydrogens (primary N) is 1. The molecule has 0 spiro atoms. The molecule has 0 radical (unpaired) electrons. The maximum Gasteiger partial charge on any atom is 0.239 e. The summed E-state index contributed by atoms with van der Waals surface area (Å²) in [6.07, 6.45) is 2.58. The summed E-state index contributed by atoms with van der Waals surface area (Å²) in [6.45, 7) is 4.21. The average Bonchev–Trinajstić information content (AvgIpc) is 2.85. The van der Waals surface area contributed by atoms with Gasteiger partial charge in [-0.05, 0) is 31.9 Å². The van der Waals surface area contributed by atoms with Crippen molar-refractivity contribution in [3.63, 3.8) is 0 Å². The van der Waals surface area contributed by atoms with Crippen molar-refractivity contribution in [2.75, 3.05) is 37.4 Å². The molecule has 18 heavy (non-hydrogen) atoms. The van der Waals surface area contributed by atoms with Crippen molar-refractivity contribution in [3.05, 3.63) is 12.1 Å². The first-order chi connectivity index (χ1) is 8.70. The van der Waals surface area contributed by atoms with E-state index in [1.807, 2.05) is 26.1 Å². The minimum absolute atomic E-state index is 0.310. The molecule has 1 aromatic heterocycles. The Labute approximate surface area is 108 Å². The number of nitrogen functional groups attached to an aromatic ring is 1. The zero-order valence-electron chi connectivity index (χ0n) is 11.1. The molecule has 0 aromatic carbocycles. The highest BCUT2D eigenvalue weighted by atomic mass is 16.5. The largest absolute Gasteiger partial charge is 0.476 e. The van der Waals surface area contributed by atoms with Gasteiger partial charge in [0.2, 0.25) is 5.88 Å². The van der Waals surface area contributed by atoms with Gasteiger partial charge in [0.25, 0.3) is 0 Å². The van der Waals surface area contributed by atoms with E-state index in [4.69, 9.17) is 15.2 Å². The number of pyridine rings is 1. The second-order valence-corrected chi connectivity index (χ2v) is 4.51. The van der Waals surface area contributed by atoms with Crippen LogP contribution >= 0.6 is 0 Å². The number of rotatable bonds is 5. The summed E-state index contributed by atoms with van der Waals surface area (Å²) in [5.41, 5.74) is 6.38. The lowest BCUT2D eigenvalue weighted by Crippen LogP contribution is -2.29. The fraction of sp³-hybridized carbons (Fsp3) is 0.615. The van der Waals surface area contributed by atoms with E-state index in [-0.39, 0.29) is 0 Å². The van der Waals surface area contributed by atoms with Gasteiger partial charge in [-0.25, -0.2) is 0 Å². The van der Waals surface area contributed by atoms with Crippen LogP contribution in [0.3, 0.4) is 0 Å². The number of likely N-dealkylation sites (N-methyl/N-ethyl adjacent to an activating group) is 1. The molecule has 0 saturated carbocycles. The molecule has 1 aromatic rings. The van der Waals surface area contributed by atoms with Gasteiger partial charge in [-0.1, -0.05) is 0 Å². The summed E-state index contributed by atoms with van der Waals surface area (Å²) in [6, 6.07) is 3.74. The summed E-state index contributed by atoms with van der Waals surface area (Å²) < 4.78 is 11.0. The van der Waals surface area contributed by atoms with Crippen molar-refractivity contribution < 1.29 is 9.47 Å². The van der Waals surface area contributed by atoms with E-state index in [0.29, 0.717) is 24.3 Å². The topological polar surface area (TPSA) is 60.6 Å². The third-order valence-electron chi connectivity index (χ3n) is 3.05. The molecule has 0 amide bonds. The van der Waals surface area contributed by atoms with E-state index in [9.17, 15) is 0 Å². The number of ether oxygens (including phenoxy) is 2. The van der Waals surface area contributed by atoms with Crippen LogP contribution in [0.25, 0.3) is 0 Å². The molecule has 100 valence electrons. The van der Waals surface area contributed by atoms with Gasteiger partial charge in [-0.3, -0.25) is 0 Å². The third-order valence-corrected chi connectivity index (χ3v) is 3.05. The first-order valence-electron chi connectivity index (χ1n) is 6.42. The summed E-state index contributed by atoms with van der Waals surface area (Å²) in [5.74, 6) is 1.37. The Bertz CT molecular complexity index is 392. The maximum absolute atomic E-state index is 5.81. The van der Waals surface area contributed by atoms with Gasteiger partial charge in [0, 0.05) is 20.2 Å². The van der Waals surface area contributed by atoms with Crippen molar-refractivity contribution in [1.82, 2.24) is 4.98 Å². The van der Waals surface area contributed by atoms with Crippen molar-refractivity contribution in [3.8, 4) is 5.88 Å². The average molecular weight is 251 g/mol. The van der Waals surface area contributed by atoms with Crippen molar-refractivity contribution >= 4 is 11.5 Å². The molecular formula is C13H21N3O2. The fourth-order valence-electron chi connectivity index (χ4n) is 2.09. The summed E-state index contributed by atoms with van der Waals surface area (Å²) in [7, 11) is 2.01. The molecule has 0 aliphatic carbocycles. The molecule has 5 nitrogen and oxygen atoms in total. The van der Waals surface area contributed by atoms with E-state index in [0.717, 1.165) is 31.8 Å². The molecule has 2 N–H and O–H groups in total. The minimum Gasteiger partial charge on any atom is -0.476 e. The molecule has 2 rings (SSSR count). The lowest BCUT2D eigenvalue weighted by molar-refractivity contribution is 0.116. The molecule has 2 heterocycles. The smallest absolute Gasteiger partial charge is 0.239 e. The second kappa shape index (κ2) is 5.91. The molecule has 0 bridgehead atoms. The highest BCUT2D eigenvalue weighted by Gasteiger charge is 2.18. The fourth-order valence-corrected chi connectivity index (χ4v) is 2.09.